The molecule has 1 saturated heterocycles. The van der Waals surface area contributed by atoms with E-state index in [1.54, 1.807) is 0 Å². The molecule has 15 heavy (non-hydrogen) atoms. The predicted octanol–water partition coefficient (Wildman–Crippen LogP) is 2.17. The Morgan fingerprint density at radius 3 is 1.87 bits per heavy atom. The van der Waals surface area contributed by atoms with Gasteiger partial charge in [-0.1, -0.05) is 13.3 Å². The molecule has 1 unspecified atom stereocenters. The quantitative estimate of drug-likeness (QED) is 0.763. The van der Waals surface area contributed by atoms with Crippen LogP contribution in [0.4, 0.5) is 0 Å². The maximum atomic E-state index is 5.98. The first kappa shape index (κ1) is 15.2. The molecule has 1 aliphatic heterocycles. The molecular weight excluding hydrogens is 212 g/mol. The molecule has 90 valence electrons. The van der Waals surface area contributed by atoms with Crippen LogP contribution in [0, 0.1) is 0 Å². The molecular formula is C10H23BClNO2. The van der Waals surface area contributed by atoms with Gasteiger partial charge in [-0.15, -0.1) is 12.4 Å². The number of nitrogens with two attached hydrogens (primary N) is 1. The number of halogens is 1. The summed E-state index contributed by atoms with van der Waals surface area (Å²) >= 11 is 0. The Morgan fingerprint density at radius 2 is 1.53 bits per heavy atom. The SMILES string of the molecule is CCCC(N)B1OC(C)(C)C(C)(C)O1.Cl. The molecule has 0 radical (unpaired) electrons. The Kier molecular flexibility index (Phi) is 5.12. The van der Waals surface area contributed by atoms with Gasteiger partial charge in [-0.3, -0.25) is 0 Å². The van der Waals surface area contributed by atoms with Crippen LogP contribution in [0.5, 0.6) is 0 Å². The van der Waals surface area contributed by atoms with Crippen molar-refractivity contribution in [3.05, 3.63) is 0 Å². The Balaban J connectivity index is 0.00000196. The van der Waals surface area contributed by atoms with Gasteiger partial charge in [0.25, 0.3) is 0 Å². The highest BCUT2D eigenvalue weighted by Gasteiger charge is 2.52. The van der Waals surface area contributed by atoms with Gasteiger partial charge in [-0.05, 0) is 34.1 Å². The molecule has 1 atom stereocenters. The molecule has 0 spiro atoms. The van der Waals surface area contributed by atoms with E-state index in [-0.39, 0.29) is 36.7 Å². The van der Waals surface area contributed by atoms with E-state index >= 15 is 0 Å². The van der Waals surface area contributed by atoms with Crippen LogP contribution in [-0.2, 0) is 9.31 Å². The Bertz CT molecular complexity index is 196. The smallest absolute Gasteiger partial charge is 0.402 e. The third kappa shape index (κ3) is 3.10. The molecule has 0 saturated carbocycles. The summed E-state index contributed by atoms with van der Waals surface area (Å²) in [4.78, 5) is 0. The van der Waals surface area contributed by atoms with Gasteiger partial charge in [-0.25, -0.2) is 0 Å². The monoisotopic (exact) mass is 235 g/mol. The van der Waals surface area contributed by atoms with Crippen molar-refractivity contribution >= 4 is 19.5 Å². The minimum absolute atomic E-state index is 0. The summed E-state index contributed by atoms with van der Waals surface area (Å²) in [7, 11) is -0.250. The van der Waals surface area contributed by atoms with E-state index in [9.17, 15) is 0 Å². The second kappa shape index (κ2) is 5.04. The van der Waals surface area contributed by atoms with Crippen LogP contribution < -0.4 is 5.73 Å². The van der Waals surface area contributed by atoms with E-state index < -0.39 is 0 Å². The van der Waals surface area contributed by atoms with Gasteiger partial charge in [0.15, 0.2) is 0 Å². The fourth-order valence-corrected chi connectivity index (χ4v) is 1.53. The molecule has 2 N–H and O–H groups in total. The van der Waals surface area contributed by atoms with Gasteiger partial charge in [0.05, 0.1) is 11.2 Å². The first-order valence-electron chi connectivity index (χ1n) is 5.41. The van der Waals surface area contributed by atoms with Gasteiger partial charge >= 0.3 is 7.12 Å². The predicted molar refractivity (Wildman–Crippen MR) is 66.2 cm³/mol. The van der Waals surface area contributed by atoms with Crippen molar-refractivity contribution < 1.29 is 9.31 Å². The summed E-state index contributed by atoms with van der Waals surface area (Å²) in [6.07, 6.45) is 2.00. The number of hydrogen-bond donors (Lipinski definition) is 1. The average Bonchev–Trinajstić information content (AvgIpc) is 2.22. The highest BCUT2D eigenvalue weighted by atomic mass is 35.5. The van der Waals surface area contributed by atoms with Gasteiger partial charge in [0.1, 0.15) is 0 Å². The van der Waals surface area contributed by atoms with Crippen LogP contribution >= 0.6 is 12.4 Å². The van der Waals surface area contributed by atoms with Crippen LogP contribution in [0.1, 0.15) is 47.5 Å². The lowest BCUT2D eigenvalue weighted by molar-refractivity contribution is 0.00578. The van der Waals surface area contributed by atoms with E-state index in [2.05, 4.69) is 6.92 Å². The average molecular weight is 236 g/mol. The Labute approximate surface area is 99.6 Å². The summed E-state index contributed by atoms with van der Waals surface area (Å²) in [5, 5.41) is 0. The molecule has 0 aliphatic carbocycles. The topological polar surface area (TPSA) is 44.5 Å². The van der Waals surface area contributed by atoms with Crippen molar-refractivity contribution in [1.29, 1.82) is 0 Å². The van der Waals surface area contributed by atoms with E-state index in [4.69, 9.17) is 15.0 Å². The van der Waals surface area contributed by atoms with Gasteiger partial charge in [-0.2, -0.15) is 0 Å². The van der Waals surface area contributed by atoms with E-state index in [1.165, 1.54) is 0 Å². The van der Waals surface area contributed by atoms with Crippen molar-refractivity contribution in [3.63, 3.8) is 0 Å². The molecule has 1 heterocycles. The molecule has 1 rings (SSSR count). The molecule has 3 nitrogen and oxygen atoms in total. The zero-order chi connectivity index (χ0) is 11.0. The standard InChI is InChI=1S/C10H22BNO2.ClH/c1-6-7-8(12)11-13-9(2,3)10(4,5)14-11;/h8H,6-7,12H2,1-5H3;1H. The van der Waals surface area contributed by atoms with E-state index in [0.717, 1.165) is 12.8 Å². The Hall–Kier alpha value is 0.235. The van der Waals surface area contributed by atoms with Crippen molar-refractivity contribution in [3.8, 4) is 0 Å². The number of hydrogen-bond acceptors (Lipinski definition) is 3. The molecule has 0 aromatic rings. The minimum Gasteiger partial charge on any atom is -0.402 e. The van der Waals surface area contributed by atoms with Crippen LogP contribution in [0.15, 0.2) is 0 Å². The van der Waals surface area contributed by atoms with E-state index in [1.807, 2.05) is 27.7 Å². The second-order valence-corrected chi connectivity index (χ2v) is 5.08. The van der Waals surface area contributed by atoms with Crippen LogP contribution in [0.25, 0.3) is 0 Å². The van der Waals surface area contributed by atoms with Crippen molar-refractivity contribution in [2.24, 2.45) is 5.73 Å². The lowest BCUT2D eigenvalue weighted by atomic mass is 9.76. The Morgan fingerprint density at radius 1 is 1.13 bits per heavy atom. The summed E-state index contributed by atoms with van der Waals surface area (Å²) in [5.74, 6) is -0.0129. The molecule has 0 aromatic carbocycles. The van der Waals surface area contributed by atoms with Gasteiger partial charge in [0.2, 0.25) is 0 Å². The molecule has 0 bridgehead atoms. The zero-order valence-electron chi connectivity index (χ0n) is 10.4. The van der Waals surface area contributed by atoms with Crippen molar-refractivity contribution in [1.82, 2.24) is 0 Å². The lowest BCUT2D eigenvalue weighted by Crippen LogP contribution is -2.41. The second-order valence-electron chi connectivity index (χ2n) is 5.08. The summed E-state index contributed by atoms with van der Waals surface area (Å²) in [5.41, 5.74) is 5.46. The number of rotatable bonds is 3. The highest BCUT2D eigenvalue weighted by Crippen LogP contribution is 2.37. The van der Waals surface area contributed by atoms with Crippen molar-refractivity contribution in [2.75, 3.05) is 0 Å². The first-order valence-corrected chi connectivity index (χ1v) is 5.41. The summed E-state index contributed by atoms with van der Waals surface area (Å²) < 4.78 is 11.7. The first-order chi connectivity index (χ1) is 6.30. The minimum atomic E-state index is -0.261. The third-order valence-corrected chi connectivity index (χ3v) is 3.24. The highest BCUT2D eigenvalue weighted by molar-refractivity contribution is 6.47. The van der Waals surface area contributed by atoms with Crippen LogP contribution in [0.2, 0.25) is 0 Å². The molecule has 0 aromatic heterocycles. The van der Waals surface area contributed by atoms with E-state index in [0.29, 0.717) is 0 Å². The summed E-state index contributed by atoms with van der Waals surface area (Å²) in [6, 6.07) is 0. The van der Waals surface area contributed by atoms with Crippen molar-refractivity contribution in [2.45, 2.75) is 64.6 Å². The third-order valence-electron chi connectivity index (χ3n) is 3.24. The van der Waals surface area contributed by atoms with Gasteiger partial charge < -0.3 is 15.0 Å². The summed E-state index contributed by atoms with van der Waals surface area (Å²) in [6.45, 7) is 10.3. The maximum absolute atomic E-state index is 5.98. The van der Waals surface area contributed by atoms with Crippen LogP contribution in [-0.4, -0.2) is 24.3 Å². The molecule has 1 aliphatic rings. The van der Waals surface area contributed by atoms with Gasteiger partial charge in [0, 0.05) is 5.94 Å². The largest absolute Gasteiger partial charge is 0.475 e. The fourth-order valence-electron chi connectivity index (χ4n) is 1.53. The lowest BCUT2D eigenvalue weighted by Gasteiger charge is -2.32. The maximum Gasteiger partial charge on any atom is 0.475 e. The fraction of sp³-hybridized carbons (Fsp3) is 1.00. The van der Waals surface area contributed by atoms with Crippen LogP contribution in [0.3, 0.4) is 0 Å². The normalized spacial score (nSPS) is 24.8. The molecule has 0 amide bonds. The molecule has 5 heteroatoms. The molecule has 1 fully saturated rings. The zero-order valence-corrected chi connectivity index (χ0v) is 11.2.